The molecule has 9 heteroatoms. The fourth-order valence-corrected chi connectivity index (χ4v) is 6.02. The lowest BCUT2D eigenvalue weighted by molar-refractivity contribution is 0.122. The topological polar surface area (TPSA) is 67.7 Å². The van der Waals surface area contributed by atoms with Crippen LogP contribution in [0.15, 0.2) is 35.7 Å². The number of piperidine rings is 1. The maximum atomic E-state index is 14.6. The second kappa shape index (κ2) is 7.07. The Morgan fingerprint density at radius 2 is 1.93 bits per heavy atom. The van der Waals surface area contributed by atoms with Crippen LogP contribution in [0.2, 0.25) is 0 Å². The van der Waals surface area contributed by atoms with Crippen molar-refractivity contribution in [1.82, 2.24) is 13.9 Å². The molecule has 155 valence electrons. The number of hydrogen-bond donors (Lipinski definition) is 0. The molecule has 1 aliphatic carbocycles. The van der Waals surface area contributed by atoms with E-state index >= 15 is 0 Å². The molecule has 2 saturated heterocycles. The maximum absolute atomic E-state index is 14.6. The van der Waals surface area contributed by atoms with Gasteiger partial charge < -0.3 is 14.2 Å². The summed E-state index contributed by atoms with van der Waals surface area (Å²) >= 11 is 0. The predicted octanol–water partition coefficient (Wildman–Crippen LogP) is 1.51. The summed E-state index contributed by atoms with van der Waals surface area (Å²) in [7, 11) is -1.78. The second-order valence-electron chi connectivity index (χ2n) is 8.08. The molecule has 1 aromatic carbocycles. The molecule has 1 radical (unpaired) electrons. The van der Waals surface area contributed by atoms with Crippen molar-refractivity contribution in [2.24, 2.45) is 24.8 Å². The number of sulfonamides is 1. The molecule has 1 aromatic heterocycles. The molecule has 3 heterocycles. The Kier molecular flexibility index (Phi) is 4.64. The summed E-state index contributed by atoms with van der Waals surface area (Å²) in [5.41, 5.74) is 1.48. The van der Waals surface area contributed by atoms with Gasteiger partial charge in [-0.3, -0.25) is 0 Å². The van der Waals surface area contributed by atoms with Gasteiger partial charge in [-0.2, -0.15) is 4.31 Å². The van der Waals surface area contributed by atoms with Crippen molar-refractivity contribution >= 4 is 15.7 Å². The van der Waals surface area contributed by atoms with Gasteiger partial charge in [0.2, 0.25) is 0 Å². The third-order valence-corrected chi connectivity index (χ3v) is 7.94. The molecule has 29 heavy (non-hydrogen) atoms. The van der Waals surface area contributed by atoms with Gasteiger partial charge in [-0.25, -0.2) is 17.8 Å². The number of ether oxygens (including phenoxy) is 1. The lowest BCUT2D eigenvalue weighted by Gasteiger charge is -2.29. The van der Waals surface area contributed by atoms with Crippen LogP contribution in [0, 0.1) is 30.0 Å². The first kappa shape index (κ1) is 19.0. The Balaban J connectivity index is 1.21. The summed E-state index contributed by atoms with van der Waals surface area (Å²) in [4.78, 5) is 6.00. The second-order valence-corrected chi connectivity index (χ2v) is 9.97. The highest BCUT2D eigenvalue weighted by Gasteiger charge is 2.57. The van der Waals surface area contributed by atoms with E-state index in [9.17, 15) is 12.8 Å². The minimum absolute atomic E-state index is 0.0996. The molecule has 2 unspecified atom stereocenters. The first-order chi connectivity index (χ1) is 13.9. The molecule has 2 aromatic rings. The largest absolute Gasteiger partial charge is 0.378 e. The first-order valence-corrected chi connectivity index (χ1v) is 11.3. The van der Waals surface area contributed by atoms with E-state index in [1.807, 2.05) is 17.0 Å². The third kappa shape index (κ3) is 3.45. The Hall–Kier alpha value is -1.97. The summed E-state index contributed by atoms with van der Waals surface area (Å²) < 4.78 is 48.5. The van der Waals surface area contributed by atoms with Crippen LogP contribution < -0.4 is 4.90 Å². The predicted molar refractivity (Wildman–Crippen MR) is 105 cm³/mol. The molecule has 2 aliphatic heterocycles. The monoisotopic (exact) mass is 419 g/mol. The van der Waals surface area contributed by atoms with Gasteiger partial charge in [-0.05, 0) is 41.9 Å². The highest BCUT2D eigenvalue weighted by atomic mass is 32.2. The molecule has 3 fully saturated rings. The van der Waals surface area contributed by atoms with Gasteiger partial charge in [-0.1, -0.05) is 6.07 Å². The molecule has 0 amide bonds. The average Bonchev–Trinajstić information content (AvgIpc) is 3.07. The molecule has 2 atom stereocenters. The first-order valence-electron chi connectivity index (χ1n) is 9.89. The Morgan fingerprint density at radius 3 is 2.55 bits per heavy atom. The number of hydrogen-bond acceptors (Lipinski definition) is 5. The highest BCUT2D eigenvalue weighted by molar-refractivity contribution is 7.89. The van der Waals surface area contributed by atoms with Crippen molar-refractivity contribution in [3.8, 4) is 0 Å². The number of nitrogens with zero attached hydrogens (tertiary/aromatic N) is 4. The smallest absolute Gasteiger partial charge is 0.262 e. The van der Waals surface area contributed by atoms with E-state index in [0.29, 0.717) is 62.8 Å². The van der Waals surface area contributed by atoms with Crippen molar-refractivity contribution in [2.75, 3.05) is 44.3 Å². The van der Waals surface area contributed by atoms with Crippen molar-refractivity contribution in [2.45, 2.75) is 5.03 Å². The van der Waals surface area contributed by atoms with Crippen LogP contribution in [0.25, 0.3) is 0 Å². The number of anilines is 1. The van der Waals surface area contributed by atoms with E-state index in [2.05, 4.69) is 11.4 Å². The van der Waals surface area contributed by atoms with Crippen molar-refractivity contribution in [3.05, 3.63) is 48.5 Å². The summed E-state index contributed by atoms with van der Waals surface area (Å²) in [6.07, 6.45) is 5.11. The zero-order chi connectivity index (χ0) is 20.2. The number of morpholine rings is 1. The zero-order valence-corrected chi connectivity index (χ0v) is 17.1. The van der Waals surface area contributed by atoms with Crippen LogP contribution in [0.4, 0.5) is 10.1 Å². The van der Waals surface area contributed by atoms with Crippen LogP contribution in [0.3, 0.4) is 0 Å². The van der Waals surface area contributed by atoms with Crippen LogP contribution in [0.5, 0.6) is 0 Å². The Morgan fingerprint density at radius 1 is 1.21 bits per heavy atom. The van der Waals surface area contributed by atoms with Crippen LogP contribution in [-0.4, -0.2) is 61.7 Å². The zero-order valence-electron chi connectivity index (χ0n) is 16.2. The standard InChI is InChI=1S/C20H24FN4O3S/c1-23-12-20(22-13-23)29(26,27)25-10-16-15(17(16)11-25)8-14-2-3-19(18(21)9-14)24-4-6-28-7-5-24/h2-3,8-9,12-13,15-17H,4-7,10-11H2,1H3. The van der Waals surface area contributed by atoms with Crippen molar-refractivity contribution < 1.29 is 17.5 Å². The van der Waals surface area contributed by atoms with Gasteiger partial charge in [0.25, 0.3) is 10.0 Å². The van der Waals surface area contributed by atoms with Crippen molar-refractivity contribution in [3.63, 3.8) is 0 Å². The lowest BCUT2D eigenvalue weighted by atomic mass is 10.0. The highest BCUT2D eigenvalue weighted by Crippen LogP contribution is 2.55. The molecule has 0 N–H and O–H groups in total. The van der Waals surface area contributed by atoms with E-state index in [4.69, 9.17) is 4.74 Å². The van der Waals surface area contributed by atoms with Crippen LogP contribution in [0.1, 0.15) is 5.56 Å². The van der Waals surface area contributed by atoms with E-state index in [0.717, 1.165) is 5.56 Å². The van der Waals surface area contributed by atoms with Gasteiger partial charge in [0.1, 0.15) is 5.82 Å². The molecule has 5 rings (SSSR count). The summed E-state index contributed by atoms with van der Waals surface area (Å²) in [5.74, 6) is 0.690. The van der Waals surface area contributed by atoms with Gasteiger partial charge in [0.15, 0.2) is 5.03 Å². The quantitative estimate of drug-likeness (QED) is 0.735. The number of halogens is 1. The number of rotatable bonds is 5. The number of benzene rings is 1. The number of aromatic nitrogens is 2. The minimum atomic E-state index is -3.53. The average molecular weight is 420 g/mol. The van der Waals surface area contributed by atoms with E-state index in [1.54, 1.807) is 17.7 Å². The molecule has 0 bridgehead atoms. The van der Waals surface area contributed by atoms with Gasteiger partial charge >= 0.3 is 0 Å². The SMILES string of the molecule is Cn1cnc(S(=O)(=O)N2CC3C([CH]c4ccc(N5CCOCC5)c(F)c4)C3C2)c1. The molecule has 1 saturated carbocycles. The van der Waals surface area contributed by atoms with Crippen LogP contribution >= 0.6 is 0 Å². The third-order valence-electron chi connectivity index (χ3n) is 6.22. The van der Waals surface area contributed by atoms with E-state index in [1.165, 1.54) is 16.8 Å². The van der Waals surface area contributed by atoms with Gasteiger partial charge in [0, 0.05) is 39.4 Å². The van der Waals surface area contributed by atoms with Gasteiger partial charge in [0.05, 0.1) is 25.2 Å². The molecular formula is C20H24FN4O3S. The lowest BCUT2D eigenvalue weighted by Crippen LogP contribution is -2.36. The fourth-order valence-electron chi connectivity index (χ4n) is 4.54. The van der Waals surface area contributed by atoms with Crippen LogP contribution in [-0.2, 0) is 21.8 Å². The summed E-state index contributed by atoms with van der Waals surface area (Å²) in [6, 6.07) is 5.37. The maximum Gasteiger partial charge on any atom is 0.262 e. The number of fused-ring (bicyclic) bond motifs is 1. The molecule has 7 nitrogen and oxygen atoms in total. The molecular weight excluding hydrogens is 395 g/mol. The Labute approximate surface area is 170 Å². The normalized spacial score (nSPS) is 27.2. The van der Waals surface area contributed by atoms with Crippen molar-refractivity contribution in [1.29, 1.82) is 0 Å². The summed E-state index contributed by atoms with van der Waals surface area (Å²) in [6.45, 7) is 3.64. The molecule has 3 aliphatic rings. The minimum Gasteiger partial charge on any atom is -0.378 e. The van der Waals surface area contributed by atoms with Gasteiger partial charge in [-0.15, -0.1) is 0 Å². The Bertz CT molecular complexity index is 1010. The van der Waals surface area contributed by atoms with E-state index < -0.39 is 10.0 Å². The molecule has 0 spiro atoms. The number of imidazole rings is 1. The fraction of sp³-hybridized carbons (Fsp3) is 0.500. The summed E-state index contributed by atoms with van der Waals surface area (Å²) in [5, 5.41) is 0.0996. The van der Waals surface area contributed by atoms with E-state index in [-0.39, 0.29) is 10.8 Å². The number of aryl methyl sites for hydroxylation is 1.